The van der Waals surface area contributed by atoms with E-state index in [1.165, 1.54) is 0 Å². The number of carboxylic acids is 1. The minimum Gasteiger partial charge on any atom is -0.481 e. The van der Waals surface area contributed by atoms with Gasteiger partial charge in [0.1, 0.15) is 0 Å². The van der Waals surface area contributed by atoms with E-state index in [0.717, 1.165) is 5.56 Å². The molecular weight excluding hydrogens is 291 g/mol. The summed E-state index contributed by atoms with van der Waals surface area (Å²) in [7, 11) is 0. The second-order valence-electron chi connectivity index (χ2n) is 2.69. The Bertz CT molecular complexity index is 366. The van der Waals surface area contributed by atoms with Crippen LogP contribution in [-0.2, 0) is 16.5 Å². The Morgan fingerprint density at radius 3 is 2.21 bits per heavy atom. The number of halogens is 3. The van der Waals surface area contributed by atoms with Crippen molar-refractivity contribution >= 4 is 45.1 Å². The number of hydrogen-bond donors (Lipinski definition) is 1. The van der Waals surface area contributed by atoms with E-state index in [2.05, 4.69) is 15.9 Å². The SMILES string of the molecule is O=C(O)Cc1c(Cl)ccc(Cl)c1CBr. The Labute approximate surface area is 100.0 Å². The van der Waals surface area contributed by atoms with Crippen LogP contribution in [0, 0.1) is 0 Å². The Balaban J connectivity index is 3.22. The van der Waals surface area contributed by atoms with Gasteiger partial charge in [0.15, 0.2) is 0 Å². The van der Waals surface area contributed by atoms with Crippen LogP contribution in [0.5, 0.6) is 0 Å². The summed E-state index contributed by atoms with van der Waals surface area (Å²) in [6.45, 7) is 0. The first-order valence-electron chi connectivity index (χ1n) is 3.79. The zero-order chi connectivity index (χ0) is 10.7. The van der Waals surface area contributed by atoms with Gasteiger partial charge in [0, 0.05) is 15.4 Å². The Kier molecular flexibility index (Phi) is 4.23. The van der Waals surface area contributed by atoms with Crippen LogP contribution in [0.25, 0.3) is 0 Å². The topological polar surface area (TPSA) is 37.3 Å². The molecular formula is C9H7BrCl2O2. The van der Waals surface area contributed by atoms with E-state index in [1.807, 2.05) is 0 Å². The summed E-state index contributed by atoms with van der Waals surface area (Å²) in [5.41, 5.74) is 1.31. The zero-order valence-electron chi connectivity index (χ0n) is 7.06. The fourth-order valence-corrected chi connectivity index (χ4v) is 2.41. The highest BCUT2D eigenvalue weighted by Crippen LogP contribution is 2.29. The quantitative estimate of drug-likeness (QED) is 0.867. The molecule has 0 radical (unpaired) electrons. The van der Waals surface area contributed by atoms with Crippen LogP contribution in [-0.4, -0.2) is 11.1 Å². The minimum absolute atomic E-state index is 0.111. The number of benzene rings is 1. The first-order valence-corrected chi connectivity index (χ1v) is 5.67. The Hall–Kier alpha value is -0.250. The third-order valence-corrected chi connectivity index (χ3v) is 3.05. The van der Waals surface area contributed by atoms with E-state index in [-0.39, 0.29) is 6.42 Å². The molecule has 14 heavy (non-hydrogen) atoms. The van der Waals surface area contributed by atoms with Crippen LogP contribution in [0.15, 0.2) is 12.1 Å². The van der Waals surface area contributed by atoms with Gasteiger partial charge in [0.05, 0.1) is 6.42 Å². The van der Waals surface area contributed by atoms with E-state index in [1.54, 1.807) is 12.1 Å². The molecule has 2 nitrogen and oxygen atoms in total. The minimum atomic E-state index is -0.920. The van der Waals surface area contributed by atoms with Crippen molar-refractivity contribution in [3.63, 3.8) is 0 Å². The van der Waals surface area contributed by atoms with Gasteiger partial charge in [-0.25, -0.2) is 0 Å². The summed E-state index contributed by atoms with van der Waals surface area (Å²) in [5, 5.41) is 10.1. The molecule has 0 saturated heterocycles. The van der Waals surface area contributed by atoms with Crippen LogP contribution in [0.4, 0.5) is 0 Å². The number of carboxylic acid groups (broad SMARTS) is 1. The molecule has 1 rings (SSSR count). The van der Waals surface area contributed by atoms with Crippen molar-refractivity contribution in [1.29, 1.82) is 0 Å². The number of carbonyl (C=O) groups is 1. The molecule has 5 heteroatoms. The van der Waals surface area contributed by atoms with Crippen molar-refractivity contribution in [3.05, 3.63) is 33.3 Å². The molecule has 0 aliphatic rings. The van der Waals surface area contributed by atoms with E-state index >= 15 is 0 Å². The fraction of sp³-hybridized carbons (Fsp3) is 0.222. The largest absolute Gasteiger partial charge is 0.481 e. The maximum absolute atomic E-state index is 10.6. The third kappa shape index (κ3) is 2.62. The number of rotatable bonds is 3. The monoisotopic (exact) mass is 296 g/mol. The average Bonchev–Trinajstić information content (AvgIpc) is 2.11. The lowest BCUT2D eigenvalue weighted by molar-refractivity contribution is -0.136. The van der Waals surface area contributed by atoms with Crippen LogP contribution in [0.3, 0.4) is 0 Å². The lowest BCUT2D eigenvalue weighted by atomic mass is 10.1. The van der Waals surface area contributed by atoms with Gasteiger partial charge in [-0.15, -0.1) is 0 Å². The molecule has 1 aromatic carbocycles. The highest BCUT2D eigenvalue weighted by atomic mass is 79.9. The molecule has 1 aromatic rings. The van der Waals surface area contributed by atoms with E-state index in [0.29, 0.717) is 20.9 Å². The second-order valence-corrected chi connectivity index (χ2v) is 4.07. The van der Waals surface area contributed by atoms with Gasteiger partial charge in [-0.1, -0.05) is 39.1 Å². The molecule has 0 spiro atoms. The maximum Gasteiger partial charge on any atom is 0.307 e. The summed E-state index contributed by atoms with van der Waals surface area (Å²) in [4.78, 5) is 10.6. The van der Waals surface area contributed by atoms with Crippen molar-refractivity contribution in [2.24, 2.45) is 0 Å². The predicted molar refractivity (Wildman–Crippen MR) is 60.4 cm³/mol. The van der Waals surface area contributed by atoms with Gasteiger partial charge < -0.3 is 5.11 Å². The normalized spacial score (nSPS) is 10.2. The van der Waals surface area contributed by atoms with Crippen molar-refractivity contribution in [1.82, 2.24) is 0 Å². The third-order valence-electron chi connectivity index (χ3n) is 1.78. The van der Waals surface area contributed by atoms with Gasteiger partial charge in [-0.3, -0.25) is 4.79 Å². The number of alkyl halides is 1. The van der Waals surface area contributed by atoms with E-state index in [9.17, 15) is 4.79 Å². The molecule has 0 aliphatic heterocycles. The van der Waals surface area contributed by atoms with Crippen molar-refractivity contribution in [2.75, 3.05) is 0 Å². The predicted octanol–water partition coefficient (Wildman–Crippen LogP) is 3.52. The van der Waals surface area contributed by atoms with Crippen LogP contribution in [0.1, 0.15) is 11.1 Å². The molecule has 76 valence electrons. The van der Waals surface area contributed by atoms with Gasteiger partial charge >= 0.3 is 5.97 Å². The van der Waals surface area contributed by atoms with Crippen LogP contribution >= 0.6 is 39.1 Å². The van der Waals surface area contributed by atoms with Crippen molar-refractivity contribution < 1.29 is 9.90 Å². The van der Waals surface area contributed by atoms with Gasteiger partial charge in [-0.05, 0) is 23.3 Å². The van der Waals surface area contributed by atoms with E-state index in [4.69, 9.17) is 28.3 Å². The molecule has 0 fully saturated rings. The lowest BCUT2D eigenvalue weighted by Crippen LogP contribution is -2.04. The maximum atomic E-state index is 10.6. The number of aliphatic carboxylic acids is 1. The summed E-state index contributed by atoms with van der Waals surface area (Å²) >= 11 is 15.0. The molecule has 0 unspecified atom stereocenters. The smallest absolute Gasteiger partial charge is 0.307 e. The standard InChI is InChI=1S/C9H7BrCl2O2/c10-4-6-5(3-9(13)14)7(11)1-2-8(6)12/h1-2H,3-4H2,(H,13,14). The van der Waals surface area contributed by atoms with Gasteiger partial charge in [-0.2, -0.15) is 0 Å². The molecule has 1 N–H and O–H groups in total. The molecule has 0 amide bonds. The van der Waals surface area contributed by atoms with Crippen LogP contribution in [0.2, 0.25) is 10.0 Å². The van der Waals surface area contributed by atoms with Crippen LogP contribution < -0.4 is 0 Å². The molecule has 0 aliphatic carbocycles. The lowest BCUT2D eigenvalue weighted by Gasteiger charge is -2.09. The Morgan fingerprint density at radius 2 is 1.79 bits per heavy atom. The van der Waals surface area contributed by atoms with E-state index < -0.39 is 5.97 Å². The highest BCUT2D eigenvalue weighted by Gasteiger charge is 2.13. The molecule has 0 bridgehead atoms. The summed E-state index contributed by atoms with van der Waals surface area (Å²) in [6.07, 6.45) is -0.111. The highest BCUT2D eigenvalue weighted by molar-refractivity contribution is 9.08. The van der Waals surface area contributed by atoms with Crippen molar-refractivity contribution in [3.8, 4) is 0 Å². The Morgan fingerprint density at radius 1 is 1.29 bits per heavy atom. The summed E-state index contributed by atoms with van der Waals surface area (Å²) in [6, 6.07) is 3.26. The van der Waals surface area contributed by atoms with Gasteiger partial charge in [0.25, 0.3) is 0 Å². The molecule has 0 saturated carbocycles. The first kappa shape index (κ1) is 11.8. The first-order chi connectivity index (χ1) is 6.56. The molecule has 0 aromatic heterocycles. The van der Waals surface area contributed by atoms with Crippen molar-refractivity contribution in [2.45, 2.75) is 11.8 Å². The average molecular weight is 298 g/mol. The fourth-order valence-electron chi connectivity index (χ4n) is 1.12. The molecule has 0 heterocycles. The summed E-state index contributed by atoms with van der Waals surface area (Å²) < 4.78 is 0. The number of hydrogen-bond acceptors (Lipinski definition) is 1. The second kappa shape index (κ2) is 5.01. The summed E-state index contributed by atoms with van der Waals surface area (Å²) in [5.74, 6) is -0.920. The molecule has 0 atom stereocenters. The zero-order valence-corrected chi connectivity index (χ0v) is 10.2. The van der Waals surface area contributed by atoms with Gasteiger partial charge in [0.2, 0.25) is 0 Å².